The largest absolute Gasteiger partial charge is 0.365 e. The van der Waals surface area contributed by atoms with Gasteiger partial charge in [0.15, 0.2) is 17.0 Å². The number of nitrogens with one attached hydrogen (secondary N) is 1. The summed E-state index contributed by atoms with van der Waals surface area (Å²) in [5, 5.41) is 3.77. The van der Waals surface area contributed by atoms with E-state index in [0.29, 0.717) is 12.6 Å². The van der Waals surface area contributed by atoms with Gasteiger partial charge in [-0.05, 0) is 37.8 Å². The average Bonchev–Trinajstić information content (AvgIpc) is 2.99. The van der Waals surface area contributed by atoms with Gasteiger partial charge < -0.3 is 10.1 Å². The van der Waals surface area contributed by atoms with Crippen LogP contribution < -0.4 is 5.32 Å². The van der Waals surface area contributed by atoms with Gasteiger partial charge in [-0.3, -0.25) is 4.57 Å². The number of aromatic nitrogens is 4. The van der Waals surface area contributed by atoms with Crippen LogP contribution in [0.15, 0.2) is 6.33 Å². The molecule has 6 nitrogen and oxygen atoms in total. The summed E-state index contributed by atoms with van der Waals surface area (Å²) in [5.74, 6) is 0.738. The molecule has 1 aliphatic rings. The number of hydrogen-bond donors (Lipinski definition) is 1. The molecule has 7 heteroatoms. The minimum absolute atomic E-state index is 0.0708. The third-order valence-electron chi connectivity index (χ3n) is 4.55. The van der Waals surface area contributed by atoms with Gasteiger partial charge in [0.05, 0.1) is 6.33 Å². The van der Waals surface area contributed by atoms with E-state index in [2.05, 4.69) is 27.2 Å². The topological polar surface area (TPSA) is 64.9 Å². The Morgan fingerprint density at radius 3 is 2.79 bits per heavy atom. The van der Waals surface area contributed by atoms with E-state index in [1.165, 1.54) is 32.1 Å². The summed E-state index contributed by atoms with van der Waals surface area (Å²) in [6, 6.07) is 0.441. The van der Waals surface area contributed by atoms with Crippen LogP contribution in [0.25, 0.3) is 11.2 Å². The van der Waals surface area contributed by atoms with Gasteiger partial charge in [-0.25, -0.2) is 4.98 Å². The van der Waals surface area contributed by atoms with Crippen molar-refractivity contribution in [3.63, 3.8) is 0 Å². The van der Waals surface area contributed by atoms with Gasteiger partial charge in [0.2, 0.25) is 5.28 Å². The van der Waals surface area contributed by atoms with Gasteiger partial charge in [-0.1, -0.05) is 32.6 Å². The van der Waals surface area contributed by atoms with Crippen molar-refractivity contribution in [2.75, 3.05) is 11.9 Å². The van der Waals surface area contributed by atoms with Crippen molar-refractivity contribution in [2.24, 2.45) is 0 Å². The molecule has 0 amide bonds. The highest BCUT2D eigenvalue weighted by atomic mass is 35.5. The average molecular weight is 352 g/mol. The summed E-state index contributed by atoms with van der Waals surface area (Å²) >= 11 is 6.19. The second-order valence-electron chi connectivity index (χ2n) is 6.34. The van der Waals surface area contributed by atoms with Gasteiger partial charge in [-0.2, -0.15) is 9.97 Å². The monoisotopic (exact) mass is 351 g/mol. The van der Waals surface area contributed by atoms with Crippen molar-refractivity contribution in [3.05, 3.63) is 11.6 Å². The molecule has 3 rings (SSSR count). The van der Waals surface area contributed by atoms with Crippen molar-refractivity contribution in [1.29, 1.82) is 0 Å². The van der Waals surface area contributed by atoms with E-state index >= 15 is 0 Å². The number of halogens is 1. The molecule has 0 spiro atoms. The lowest BCUT2D eigenvalue weighted by Gasteiger charge is -2.23. The zero-order chi connectivity index (χ0) is 16.9. The van der Waals surface area contributed by atoms with Gasteiger partial charge >= 0.3 is 0 Å². The highest BCUT2D eigenvalue weighted by Gasteiger charge is 2.20. The van der Waals surface area contributed by atoms with Crippen LogP contribution in [0.2, 0.25) is 5.28 Å². The number of rotatable bonds is 7. The van der Waals surface area contributed by atoms with Crippen LogP contribution in [-0.2, 0) is 4.74 Å². The maximum atomic E-state index is 6.19. The maximum Gasteiger partial charge on any atom is 0.226 e. The van der Waals surface area contributed by atoms with Crippen molar-refractivity contribution in [2.45, 2.75) is 71.1 Å². The standard InChI is InChI=1S/C17H26ClN5O/c1-3-8-13(24-4-2)23-11-19-14-15(21-17(18)22-16(14)23)20-12-9-6-5-7-10-12/h11-13H,3-10H2,1-2H3,(H,20,21,22). The lowest BCUT2D eigenvalue weighted by Crippen LogP contribution is -2.23. The fraction of sp³-hybridized carbons (Fsp3) is 0.706. The number of nitrogens with zero attached hydrogens (tertiary/aromatic N) is 4. The molecule has 132 valence electrons. The van der Waals surface area contributed by atoms with E-state index in [0.717, 1.165) is 29.8 Å². The van der Waals surface area contributed by atoms with E-state index in [1.807, 2.05) is 11.5 Å². The molecule has 1 saturated carbocycles. The lowest BCUT2D eigenvalue weighted by molar-refractivity contribution is 0.00611. The molecule has 1 fully saturated rings. The molecule has 0 aliphatic heterocycles. The van der Waals surface area contributed by atoms with Crippen LogP contribution in [0, 0.1) is 0 Å². The van der Waals surface area contributed by atoms with Crippen LogP contribution in [0.1, 0.15) is 65.0 Å². The molecule has 24 heavy (non-hydrogen) atoms. The molecule has 0 saturated heterocycles. The summed E-state index contributed by atoms with van der Waals surface area (Å²) < 4.78 is 7.84. The molecule has 0 radical (unpaired) electrons. The Morgan fingerprint density at radius 1 is 1.29 bits per heavy atom. The Morgan fingerprint density at radius 2 is 2.08 bits per heavy atom. The number of ether oxygens (including phenoxy) is 1. The molecular formula is C17H26ClN5O. The predicted octanol–water partition coefficient (Wildman–Crippen LogP) is 4.56. The van der Waals surface area contributed by atoms with Crippen LogP contribution in [0.3, 0.4) is 0 Å². The summed E-state index contributed by atoms with van der Waals surface area (Å²) in [6.45, 7) is 4.79. The third-order valence-corrected chi connectivity index (χ3v) is 4.71. The first-order valence-corrected chi connectivity index (χ1v) is 9.39. The Bertz CT molecular complexity index is 662. The second-order valence-corrected chi connectivity index (χ2v) is 6.68. The highest BCUT2D eigenvalue weighted by Crippen LogP contribution is 2.28. The molecular weight excluding hydrogens is 326 g/mol. The molecule has 2 heterocycles. The summed E-state index contributed by atoms with van der Waals surface area (Å²) in [6.07, 6.45) is 9.83. The minimum atomic E-state index is -0.0708. The third kappa shape index (κ3) is 3.81. The van der Waals surface area contributed by atoms with E-state index < -0.39 is 0 Å². The van der Waals surface area contributed by atoms with Crippen molar-refractivity contribution in [3.8, 4) is 0 Å². The first-order chi connectivity index (χ1) is 11.7. The van der Waals surface area contributed by atoms with Gasteiger partial charge in [-0.15, -0.1) is 0 Å². The smallest absolute Gasteiger partial charge is 0.226 e. The first-order valence-electron chi connectivity index (χ1n) is 9.01. The predicted molar refractivity (Wildman–Crippen MR) is 96.4 cm³/mol. The van der Waals surface area contributed by atoms with Crippen molar-refractivity contribution >= 4 is 28.6 Å². The lowest BCUT2D eigenvalue weighted by atomic mass is 9.95. The fourth-order valence-corrected chi connectivity index (χ4v) is 3.55. The zero-order valence-electron chi connectivity index (χ0n) is 14.5. The van der Waals surface area contributed by atoms with Crippen LogP contribution in [0.4, 0.5) is 5.82 Å². The van der Waals surface area contributed by atoms with Gasteiger partial charge in [0.25, 0.3) is 0 Å². The number of hydrogen-bond acceptors (Lipinski definition) is 5. The Labute approximate surface area is 148 Å². The van der Waals surface area contributed by atoms with E-state index in [9.17, 15) is 0 Å². The molecule has 1 aliphatic carbocycles. The zero-order valence-corrected chi connectivity index (χ0v) is 15.2. The number of anilines is 1. The highest BCUT2D eigenvalue weighted by molar-refractivity contribution is 6.28. The Hall–Kier alpha value is -1.40. The maximum absolute atomic E-state index is 6.19. The van der Waals surface area contributed by atoms with Gasteiger partial charge in [0, 0.05) is 12.6 Å². The molecule has 0 aromatic carbocycles. The van der Waals surface area contributed by atoms with Crippen LogP contribution in [0.5, 0.6) is 0 Å². The summed E-state index contributed by atoms with van der Waals surface area (Å²) in [4.78, 5) is 13.3. The summed E-state index contributed by atoms with van der Waals surface area (Å²) in [7, 11) is 0. The fourth-order valence-electron chi connectivity index (χ4n) is 3.38. The second kappa shape index (κ2) is 8.12. The van der Waals surface area contributed by atoms with Gasteiger partial charge in [0.1, 0.15) is 6.23 Å². The Balaban J connectivity index is 1.93. The van der Waals surface area contributed by atoms with E-state index in [-0.39, 0.29) is 11.5 Å². The van der Waals surface area contributed by atoms with Crippen LogP contribution in [-0.4, -0.2) is 32.2 Å². The Kier molecular flexibility index (Phi) is 5.89. The SMILES string of the molecule is CCCC(OCC)n1cnc2c(NC3CCCCC3)nc(Cl)nc21. The normalized spacial score (nSPS) is 17.3. The summed E-state index contributed by atoms with van der Waals surface area (Å²) in [5.41, 5.74) is 1.51. The number of imidazole rings is 1. The molecule has 0 bridgehead atoms. The van der Waals surface area contributed by atoms with Crippen molar-refractivity contribution < 1.29 is 4.74 Å². The molecule has 2 aromatic rings. The molecule has 2 aromatic heterocycles. The van der Waals surface area contributed by atoms with E-state index in [4.69, 9.17) is 16.3 Å². The first kappa shape index (κ1) is 17.4. The molecule has 1 atom stereocenters. The minimum Gasteiger partial charge on any atom is -0.365 e. The van der Waals surface area contributed by atoms with Crippen LogP contribution >= 0.6 is 11.6 Å². The molecule has 1 N–H and O–H groups in total. The quantitative estimate of drug-likeness (QED) is 0.741. The van der Waals surface area contributed by atoms with E-state index in [1.54, 1.807) is 6.33 Å². The van der Waals surface area contributed by atoms with Crippen molar-refractivity contribution in [1.82, 2.24) is 19.5 Å². The molecule has 1 unspecified atom stereocenters. The number of fused-ring (bicyclic) bond motifs is 1.